The first-order valence-corrected chi connectivity index (χ1v) is 9.09. The van der Waals surface area contributed by atoms with Gasteiger partial charge < -0.3 is 14.2 Å². The lowest BCUT2D eigenvalue weighted by molar-refractivity contribution is -0.134. The predicted molar refractivity (Wildman–Crippen MR) is 91.5 cm³/mol. The Hall–Kier alpha value is -2.37. The van der Waals surface area contributed by atoms with Crippen molar-refractivity contribution in [3.63, 3.8) is 0 Å². The number of ether oxygens (including phenoxy) is 1. The highest BCUT2D eigenvalue weighted by molar-refractivity contribution is 5.85. The Kier molecular flexibility index (Phi) is 4.42. The van der Waals surface area contributed by atoms with Gasteiger partial charge in [-0.15, -0.1) is 0 Å². The molecule has 0 saturated carbocycles. The van der Waals surface area contributed by atoms with Crippen molar-refractivity contribution >= 4 is 5.91 Å². The van der Waals surface area contributed by atoms with Crippen LogP contribution in [-0.4, -0.2) is 40.6 Å². The van der Waals surface area contributed by atoms with Gasteiger partial charge in [0.1, 0.15) is 5.75 Å². The highest BCUT2D eigenvalue weighted by atomic mass is 16.5. The minimum Gasteiger partial charge on any atom is -0.493 e. The van der Waals surface area contributed by atoms with E-state index in [1.54, 1.807) is 0 Å². The molecule has 25 heavy (non-hydrogen) atoms. The fourth-order valence-electron chi connectivity index (χ4n) is 3.78. The van der Waals surface area contributed by atoms with E-state index in [0.29, 0.717) is 19.0 Å². The molecule has 132 valence electrons. The van der Waals surface area contributed by atoms with Crippen molar-refractivity contribution in [1.82, 2.24) is 15.0 Å². The number of aryl methyl sites for hydroxylation is 1. The van der Waals surface area contributed by atoms with E-state index in [-0.39, 0.29) is 17.7 Å². The minimum atomic E-state index is -0.111. The van der Waals surface area contributed by atoms with E-state index < -0.39 is 0 Å². The maximum atomic E-state index is 13.2. The zero-order chi connectivity index (χ0) is 17.2. The predicted octanol–water partition coefficient (Wildman–Crippen LogP) is 2.90. The Morgan fingerprint density at radius 2 is 2.20 bits per heavy atom. The van der Waals surface area contributed by atoms with Gasteiger partial charge in [-0.05, 0) is 25.3 Å². The lowest BCUT2D eigenvalue weighted by Crippen LogP contribution is -2.42. The Morgan fingerprint density at radius 1 is 1.32 bits per heavy atom. The molecule has 6 heteroatoms. The molecular weight excluding hydrogens is 318 g/mol. The number of para-hydroxylation sites is 1. The van der Waals surface area contributed by atoms with Crippen molar-refractivity contribution in [2.45, 2.75) is 44.4 Å². The van der Waals surface area contributed by atoms with Gasteiger partial charge in [0.15, 0.2) is 5.82 Å². The minimum absolute atomic E-state index is 0.111. The van der Waals surface area contributed by atoms with Crippen LogP contribution in [0.4, 0.5) is 0 Å². The molecule has 0 bridgehead atoms. The number of carbonyl (C=O) groups is 1. The number of piperidine rings is 1. The summed E-state index contributed by atoms with van der Waals surface area (Å²) in [5.74, 6) is 2.49. The quantitative estimate of drug-likeness (QED) is 0.858. The van der Waals surface area contributed by atoms with E-state index in [1.165, 1.54) is 0 Å². The summed E-state index contributed by atoms with van der Waals surface area (Å²) in [4.78, 5) is 19.6. The molecule has 1 aromatic carbocycles. The van der Waals surface area contributed by atoms with E-state index in [0.717, 1.165) is 49.4 Å². The summed E-state index contributed by atoms with van der Waals surface area (Å²) in [7, 11) is 0. The molecule has 1 saturated heterocycles. The van der Waals surface area contributed by atoms with E-state index >= 15 is 0 Å². The first-order valence-electron chi connectivity index (χ1n) is 9.09. The van der Waals surface area contributed by atoms with Crippen LogP contribution in [0.25, 0.3) is 0 Å². The average Bonchev–Trinajstić information content (AvgIpc) is 3.16. The summed E-state index contributed by atoms with van der Waals surface area (Å²) in [6.45, 7) is 4.06. The second-order valence-corrected chi connectivity index (χ2v) is 6.75. The standard InChI is InChI=1S/C19H23N3O3/c1-2-17-20-18(21-25-17)13-6-5-10-22(12-13)19(23)15-9-11-24-16-8-4-3-7-14(15)16/h3-4,7-8,13,15H,2,5-6,9-12H2,1H3/t13-,15+/m1/s1. The van der Waals surface area contributed by atoms with Gasteiger partial charge in [0, 0.05) is 31.0 Å². The third kappa shape index (κ3) is 3.13. The van der Waals surface area contributed by atoms with Gasteiger partial charge in [-0.25, -0.2) is 0 Å². The van der Waals surface area contributed by atoms with E-state index in [1.807, 2.05) is 36.1 Å². The zero-order valence-electron chi connectivity index (χ0n) is 14.5. The molecule has 1 amide bonds. The number of likely N-dealkylation sites (tertiary alicyclic amines) is 1. The Labute approximate surface area is 147 Å². The van der Waals surface area contributed by atoms with Gasteiger partial charge in [-0.3, -0.25) is 4.79 Å². The molecule has 2 aliphatic rings. The second kappa shape index (κ2) is 6.86. The van der Waals surface area contributed by atoms with Crippen LogP contribution in [0.3, 0.4) is 0 Å². The third-order valence-electron chi connectivity index (χ3n) is 5.14. The number of hydrogen-bond donors (Lipinski definition) is 0. The van der Waals surface area contributed by atoms with Crippen molar-refractivity contribution in [3.05, 3.63) is 41.5 Å². The topological polar surface area (TPSA) is 68.5 Å². The first kappa shape index (κ1) is 16.1. The van der Waals surface area contributed by atoms with E-state index in [9.17, 15) is 4.79 Å². The monoisotopic (exact) mass is 341 g/mol. The number of benzene rings is 1. The summed E-state index contributed by atoms with van der Waals surface area (Å²) in [5, 5.41) is 4.11. The summed E-state index contributed by atoms with van der Waals surface area (Å²) in [6.07, 6.45) is 3.44. The number of hydrogen-bond acceptors (Lipinski definition) is 5. The van der Waals surface area contributed by atoms with Gasteiger partial charge in [-0.1, -0.05) is 30.3 Å². The summed E-state index contributed by atoms with van der Waals surface area (Å²) >= 11 is 0. The lowest BCUT2D eigenvalue weighted by atomic mass is 9.90. The normalized spacial score (nSPS) is 23.0. The average molecular weight is 341 g/mol. The number of amides is 1. The van der Waals surface area contributed by atoms with Crippen LogP contribution in [-0.2, 0) is 11.2 Å². The molecule has 0 spiro atoms. The molecule has 2 aromatic rings. The molecule has 1 aromatic heterocycles. The zero-order valence-corrected chi connectivity index (χ0v) is 14.5. The molecule has 2 atom stereocenters. The van der Waals surface area contributed by atoms with Crippen LogP contribution >= 0.6 is 0 Å². The van der Waals surface area contributed by atoms with Crippen LogP contribution < -0.4 is 4.74 Å². The summed E-state index contributed by atoms with van der Waals surface area (Å²) in [6, 6.07) is 7.87. The van der Waals surface area contributed by atoms with Crippen LogP contribution in [0.5, 0.6) is 5.75 Å². The number of carbonyl (C=O) groups excluding carboxylic acids is 1. The molecular formula is C19H23N3O3. The van der Waals surface area contributed by atoms with Gasteiger partial charge >= 0.3 is 0 Å². The Balaban J connectivity index is 1.51. The molecule has 1 fully saturated rings. The molecule has 0 unspecified atom stereocenters. The smallest absolute Gasteiger partial charge is 0.230 e. The van der Waals surface area contributed by atoms with Crippen LogP contribution in [0.2, 0.25) is 0 Å². The van der Waals surface area contributed by atoms with Crippen molar-refractivity contribution in [1.29, 1.82) is 0 Å². The highest BCUT2D eigenvalue weighted by Crippen LogP contribution is 2.36. The van der Waals surface area contributed by atoms with E-state index in [2.05, 4.69) is 10.1 Å². The van der Waals surface area contributed by atoms with Gasteiger partial charge in [-0.2, -0.15) is 4.98 Å². The fourth-order valence-corrected chi connectivity index (χ4v) is 3.78. The van der Waals surface area contributed by atoms with Crippen molar-refractivity contribution in [2.75, 3.05) is 19.7 Å². The highest BCUT2D eigenvalue weighted by Gasteiger charge is 2.34. The molecule has 3 heterocycles. The summed E-state index contributed by atoms with van der Waals surface area (Å²) in [5.41, 5.74) is 1.01. The SMILES string of the molecule is CCc1nc([C@@H]2CCCN(C(=O)[C@H]3CCOc4ccccc43)C2)no1. The molecule has 2 aliphatic heterocycles. The first-order chi connectivity index (χ1) is 12.3. The number of nitrogens with zero attached hydrogens (tertiary/aromatic N) is 3. The molecule has 0 N–H and O–H groups in total. The van der Waals surface area contributed by atoms with Crippen LogP contribution in [0, 0.1) is 0 Å². The number of fused-ring (bicyclic) bond motifs is 1. The third-order valence-corrected chi connectivity index (χ3v) is 5.14. The maximum Gasteiger partial charge on any atom is 0.230 e. The fraction of sp³-hybridized carbons (Fsp3) is 0.526. The van der Waals surface area contributed by atoms with Gasteiger partial charge in [0.05, 0.1) is 12.5 Å². The lowest BCUT2D eigenvalue weighted by Gasteiger charge is -2.35. The second-order valence-electron chi connectivity index (χ2n) is 6.75. The Morgan fingerprint density at radius 3 is 3.04 bits per heavy atom. The molecule has 0 radical (unpaired) electrons. The summed E-state index contributed by atoms with van der Waals surface area (Å²) < 4.78 is 10.9. The maximum absolute atomic E-state index is 13.2. The van der Waals surface area contributed by atoms with Crippen molar-refractivity contribution in [2.24, 2.45) is 0 Å². The molecule has 4 rings (SSSR count). The Bertz CT molecular complexity index is 758. The number of rotatable bonds is 3. The molecule has 0 aliphatic carbocycles. The number of aromatic nitrogens is 2. The van der Waals surface area contributed by atoms with Gasteiger partial charge in [0.25, 0.3) is 0 Å². The van der Waals surface area contributed by atoms with Crippen molar-refractivity contribution < 1.29 is 14.1 Å². The largest absolute Gasteiger partial charge is 0.493 e. The van der Waals surface area contributed by atoms with Crippen molar-refractivity contribution in [3.8, 4) is 5.75 Å². The van der Waals surface area contributed by atoms with Crippen LogP contribution in [0.15, 0.2) is 28.8 Å². The van der Waals surface area contributed by atoms with Crippen LogP contribution in [0.1, 0.15) is 55.3 Å². The molecule has 6 nitrogen and oxygen atoms in total. The van der Waals surface area contributed by atoms with E-state index in [4.69, 9.17) is 9.26 Å². The van der Waals surface area contributed by atoms with Gasteiger partial charge in [0.2, 0.25) is 11.8 Å².